The zero-order valence-electron chi connectivity index (χ0n) is 11.3. The molecule has 0 amide bonds. The SMILES string of the molecule is CCCN(CCN(C)C)c1ccc(C(=O)O)cn1. The molecule has 0 aliphatic rings. The minimum atomic E-state index is -0.940. The fourth-order valence-corrected chi connectivity index (χ4v) is 1.63. The summed E-state index contributed by atoms with van der Waals surface area (Å²) in [7, 11) is 4.07. The number of carboxylic acids is 1. The van der Waals surface area contributed by atoms with Gasteiger partial charge in [-0.2, -0.15) is 0 Å². The van der Waals surface area contributed by atoms with E-state index >= 15 is 0 Å². The number of carboxylic acid groups (broad SMARTS) is 1. The number of hydrogen-bond donors (Lipinski definition) is 1. The first-order valence-corrected chi connectivity index (χ1v) is 6.13. The Bertz CT molecular complexity index is 376. The number of carbonyl (C=O) groups is 1. The second-order valence-corrected chi connectivity index (χ2v) is 4.50. The van der Waals surface area contributed by atoms with Crippen molar-refractivity contribution >= 4 is 11.8 Å². The van der Waals surface area contributed by atoms with Gasteiger partial charge in [-0.1, -0.05) is 6.92 Å². The number of hydrogen-bond acceptors (Lipinski definition) is 4. The third-order valence-electron chi connectivity index (χ3n) is 2.63. The third-order valence-corrected chi connectivity index (χ3v) is 2.63. The van der Waals surface area contributed by atoms with E-state index in [9.17, 15) is 4.79 Å². The highest BCUT2D eigenvalue weighted by molar-refractivity contribution is 5.87. The van der Waals surface area contributed by atoms with Gasteiger partial charge in [0, 0.05) is 25.8 Å². The van der Waals surface area contributed by atoms with E-state index in [-0.39, 0.29) is 5.56 Å². The monoisotopic (exact) mass is 251 g/mol. The quantitative estimate of drug-likeness (QED) is 0.797. The van der Waals surface area contributed by atoms with E-state index in [0.29, 0.717) is 0 Å². The summed E-state index contributed by atoms with van der Waals surface area (Å²) in [5, 5.41) is 8.83. The number of aromatic carboxylic acids is 1. The lowest BCUT2D eigenvalue weighted by Gasteiger charge is -2.24. The molecule has 0 aliphatic heterocycles. The van der Waals surface area contributed by atoms with E-state index in [0.717, 1.165) is 31.9 Å². The number of likely N-dealkylation sites (N-methyl/N-ethyl adjacent to an activating group) is 1. The molecule has 5 heteroatoms. The lowest BCUT2D eigenvalue weighted by Crippen LogP contribution is -2.32. The molecule has 0 fully saturated rings. The topological polar surface area (TPSA) is 56.7 Å². The van der Waals surface area contributed by atoms with Gasteiger partial charge in [0.15, 0.2) is 0 Å². The number of pyridine rings is 1. The molecule has 0 saturated carbocycles. The molecule has 0 aliphatic carbocycles. The highest BCUT2D eigenvalue weighted by Gasteiger charge is 2.09. The van der Waals surface area contributed by atoms with Gasteiger partial charge < -0.3 is 14.9 Å². The molecule has 1 aromatic rings. The normalized spacial score (nSPS) is 10.7. The summed E-state index contributed by atoms with van der Waals surface area (Å²) >= 11 is 0. The minimum absolute atomic E-state index is 0.225. The average molecular weight is 251 g/mol. The van der Waals surface area contributed by atoms with E-state index < -0.39 is 5.97 Å². The van der Waals surface area contributed by atoms with Crippen LogP contribution in [0.4, 0.5) is 5.82 Å². The number of anilines is 1. The zero-order chi connectivity index (χ0) is 13.5. The molecule has 0 bridgehead atoms. The maximum Gasteiger partial charge on any atom is 0.337 e. The van der Waals surface area contributed by atoms with Gasteiger partial charge in [-0.15, -0.1) is 0 Å². The Kier molecular flexibility index (Phi) is 5.58. The van der Waals surface area contributed by atoms with Crippen LogP contribution in [0.3, 0.4) is 0 Å². The molecule has 1 N–H and O–H groups in total. The lowest BCUT2D eigenvalue weighted by molar-refractivity contribution is 0.0696. The molecule has 1 aromatic heterocycles. The van der Waals surface area contributed by atoms with Crippen LogP contribution in [0.2, 0.25) is 0 Å². The fraction of sp³-hybridized carbons (Fsp3) is 0.538. The Labute approximate surface area is 108 Å². The summed E-state index contributed by atoms with van der Waals surface area (Å²) in [6.45, 7) is 4.88. The van der Waals surface area contributed by atoms with Crippen molar-refractivity contribution in [2.45, 2.75) is 13.3 Å². The van der Waals surface area contributed by atoms with Crippen molar-refractivity contribution in [1.29, 1.82) is 0 Å². The number of aromatic nitrogens is 1. The van der Waals surface area contributed by atoms with Crippen LogP contribution >= 0.6 is 0 Å². The highest BCUT2D eigenvalue weighted by atomic mass is 16.4. The van der Waals surface area contributed by atoms with Crippen LogP contribution in [0.15, 0.2) is 18.3 Å². The summed E-state index contributed by atoms with van der Waals surface area (Å²) in [6, 6.07) is 3.37. The molecule has 1 heterocycles. The second kappa shape index (κ2) is 6.96. The Morgan fingerprint density at radius 3 is 2.44 bits per heavy atom. The van der Waals surface area contributed by atoms with E-state index in [1.165, 1.54) is 6.20 Å². The van der Waals surface area contributed by atoms with Crippen LogP contribution in [0.5, 0.6) is 0 Å². The molecule has 18 heavy (non-hydrogen) atoms. The van der Waals surface area contributed by atoms with Crippen molar-refractivity contribution in [3.05, 3.63) is 23.9 Å². The first kappa shape index (κ1) is 14.4. The van der Waals surface area contributed by atoms with Crippen LogP contribution in [0.25, 0.3) is 0 Å². The highest BCUT2D eigenvalue weighted by Crippen LogP contribution is 2.11. The van der Waals surface area contributed by atoms with Crippen LogP contribution in [-0.4, -0.2) is 54.7 Å². The molecule has 1 rings (SSSR count). The molecule has 100 valence electrons. The minimum Gasteiger partial charge on any atom is -0.478 e. The van der Waals surface area contributed by atoms with Gasteiger partial charge in [0.25, 0.3) is 0 Å². The molecule has 0 aromatic carbocycles. The summed E-state index contributed by atoms with van der Waals surface area (Å²) in [4.78, 5) is 19.3. The fourth-order valence-electron chi connectivity index (χ4n) is 1.63. The predicted molar refractivity (Wildman–Crippen MR) is 72.3 cm³/mol. The van der Waals surface area contributed by atoms with Crippen molar-refractivity contribution in [2.24, 2.45) is 0 Å². The van der Waals surface area contributed by atoms with Crippen LogP contribution in [-0.2, 0) is 0 Å². The maximum absolute atomic E-state index is 10.8. The van der Waals surface area contributed by atoms with E-state index in [1.54, 1.807) is 12.1 Å². The zero-order valence-corrected chi connectivity index (χ0v) is 11.3. The van der Waals surface area contributed by atoms with Crippen LogP contribution in [0, 0.1) is 0 Å². The summed E-state index contributed by atoms with van der Waals surface area (Å²) in [6.07, 6.45) is 2.45. The maximum atomic E-state index is 10.8. The van der Waals surface area contributed by atoms with Crippen molar-refractivity contribution in [2.75, 3.05) is 38.6 Å². The first-order chi connectivity index (χ1) is 8.54. The van der Waals surface area contributed by atoms with Crippen molar-refractivity contribution in [3.8, 4) is 0 Å². The Hall–Kier alpha value is -1.62. The van der Waals surface area contributed by atoms with E-state index in [4.69, 9.17) is 5.11 Å². The van der Waals surface area contributed by atoms with Gasteiger partial charge >= 0.3 is 5.97 Å². The molecule has 0 atom stereocenters. The second-order valence-electron chi connectivity index (χ2n) is 4.50. The van der Waals surface area contributed by atoms with Gasteiger partial charge in [0.1, 0.15) is 5.82 Å². The Morgan fingerprint density at radius 2 is 2.00 bits per heavy atom. The molecule has 0 radical (unpaired) electrons. The number of nitrogens with zero attached hydrogens (tertiary/aromatic N) is 3. The Balaban J connectivity index is 2.75. The number of rotatable bonds is 7. The first-order valence-electron chi connectivity index (χ1n) is 6.13. The summed E-state index contributed by atoms with van der Waals surface area (Å²) in [5.41, 5.74) is 0.225. The summed E-state index contributed by atoms with van der Waals surface area (Å²) in [5.74, 6) is -0.104. The largest absolute Gasteiger partial charge is 0.478 e. The standard InChI is InChI=1S/C13H21N3O2/c1-4-7-16(9-8-15(2)3)12-6-5-11(10-14-12)13(17)18/h5-6,10H,4,7-9H2,1-3H3,(H,17,18). The van der Waals surface area contributed by atoms with Crippen molar-refractivity contribution in [3.63, 3.8) is 0 Å². The van der Waals surface area contributed by atoms with Crippen molar-refractivity contribution < 1.29 is 9.90 Å². The smallest absolute Gasteiger partial charge is 0.337 e. The van der Waals surface area contributed by atoms with Gasteiger partial charge in [-0.3, -0.25) is 0 Å². The van der Waals surface area contributed by atoms with Crippen LogP contribution in [0.1, 0.15) is 23.7 Å². The van der Waals surface area contributed by atoms with Gasteiger partial charge in [0.2, 0.25) is 0 Å². The molecule has 0 spiro atoms. The molecule has 0 saturated heterocycles. The van der Waals surface area contributed by atoms with Gasteiger partial charge in [-0.25, -0.2) is 9.78 Å². The van der Waals surface area contributed by atoms with E-state index in [2.05, 4.69) is 21.7 Å². The lowest BCUT2D eigenvalue weighted by atomic mass is 10.2. The molecule has 0 unspecified atom stereocenters. The van der Waals surface area contributed by atoms with Gasteiger partial charge in [0.05, 0.1) is 5.56 Å². The molecular weight excluding hydrogens is 230 g/mol. The molecular formula is C13H21N3O2. The average Bonchev–Trinajstić information content (AvgIpc) is 2.34. The Morgan fingerprint density at radius 1 is 1.28 bits per heavy atom. The van der Waals surface area contributed by atoms with Crippen LogP contribution < -0.4 is 4.90 Å². The van der Waals surface area contributed by atoms with Crippen molar-refractivity contribution in [1.82, 2.24) is 9.88 Å². The molecule has 5 nitrogen and oxygen atoms in total. The predicted octanol–water partition coefficient (Wildman–Crippen LogP) is 1.56. The van der Waals surface area contributed by atoms with Gasteiger partial charge in [-0.05, 0) is 32.6 Å². The van der Waals surface area contributed by atoms with E-state index in [1.807, 2.05) is 14.1 Å². The summed E-state index contributed by atoms with van der Waals surface area (Å²) < 4.78 is 0. The third kappa shape index (κ3) is 4.33.